The fraction of sp³-hybridized carbons (Fsp3) is 0.143. The van der Waals surface area contributed by atoms with Gasteiger partial charge in [0.05, 0.1) is 0 Å². The first-order valence-corrected chi connectivity index (χ1v) is 3.38. The molecule has 0 bridgehead atoms. The number of halogens is 2. The topological polar surface area (TPSA) is 56.2 Å². The van der Waals surface area contributed by atoms with Crippen LogP contribution in [-0.4, -0.2) is 14.4 Å². The molecule has 2 rings (SSSR count). The maximum atomic E-state index is 5.44. The van der Waals surface area contributed by atoms with Crippen LogP contribution in [0.2, 0.25) is 0 Å². The van der Waals surface area contributed by atoms with Crippen molar-refractivity contribution in [3.63, 3.8) is 0 Å². The van der Waals surface area contributed by atoms with Crippen LogP contribution in [0.5, 0.6) is 0 Å². The van der Waals surface area contributed by atoms with Crippen LogP contribution in [0.1, 0.15) is 5.56 Å². The van der Waals surface area contributed by atoms with Crippen LogP contribution in [0.4, 0.5) is 0 Å². The maximum absolute atomic E-state index is 5.44. The zero-order chi connectivity index (χ0) is 7.68. The highest BCUT2D eigenvalue weighted by Crippen LogP contribution is 1.98. The summed E-state index contributed by atoms with van der Waals surface area (Å²) in [4.78, 5) is 8.09. The Labute approximate surface area is 88.0 Å². The second-order valence-corrected chi connectivity index (χ2v) is 2.30. The van der Waals surface area contributed by atoms with Crippen LogP contribution >= 0.6 is 24.8 Å². The van der Waals surface area contributed by atoms with Gasteiger partial charge in [-0.3, -0.25) is 4.40 Å². The summed E-state index contributed by atoms with van der Waals surface area (Å²) in [6, 6.07) is 0. The summed E-state index contributed by atoms with van der Waals surface area (Å²) >= 11 is 0. The minimum atomic E-state index is 0. The van der Waals surface area contributed by atoms with Crippen LogP contribution < -0.4 is 5.73 Å². The molecule has 4 nitrogen and oxygen atoms in total. The van der Waals surface area contributed by atoms with Crippen LogP contribution in [-0.2, 0) is 6.54 Å². The molecule has 0 aromatic carbocycles. The molecule has 0 atom stereocenters. The van der Waals surface area contributed by atoms with Crippen molar-refractivity contribution in [2.45, 2.75) is 6.54 Å². The smallest absolute Gasteiger partial charge is 0.233 e. The molecular formula is C7H10Cl2N4. The third-order valence-corrected chi connectivity index (χ3v) is 1.53. The summed E-state index contributed by atoms with van der Waals surface area (Å²) in [7, 11) is 0. The van der Waals surface area contributed by atoms with Gasteiger partial charge in [-0.2, -0.15) is 0 Å². The molecule has 2 aromatic heterocycles. The van der Waals surface area contributed by atoms with Gasteiger partial charge in [0.1, 0.15) is 0 Å². The predicted octanol–water partition coefficient (Wildman–Crippen LogP) is 1.03. The number of nitrogens with two attached hydrogens (primary N) is 1. The van der Waals surface area contributed by atoms with Gasteiger partial charge in [0.15, 0.2) is 0 Å². The fourth-order valence-corrected chi connectivity index (χ4v) is 0.964. The Bertz CT molecular complexity index is 373. The molecule has 0 radical (unpaired) electrons. The van der Waals surface area contributed by atoms with Gasteiger partial charge in [0.25, 0.3) is 0 Å². The first-order chi connectivity index (χ1) is 5.40. The summed E-state index contributed by atoms with van der Waals surface area (Å²) in [5, 5.41) is 0. The molecule has 6 heteroatoms. The van der Waals surface area contributed by atoms with E-state index in [1.54, 1.807) is 12.4 Å². The first-order valence-electron chi connectivity index (χ1n) is 3.38. The number of nitrogens with zero attached hydrogens (tertiary/aromatic N) is 3. The number of fused-ring (bicyclic) bond motifs is 1. The van der Waals surface area contributed by atoms with Crippen LogP contribution in [0, 0.1) is 0 Å². The van der Waals surface area contributed by atoms with E-state index in [1.807, 2.05) is 16.8 Å². The summed E-state index contributed by atoms with van der Waals surface area (Å²) < 4.78 is 1.85. The Morgan fingerprint density at radius 2 is 2.08 bits per heavy atom. The van der Waals surface area contributed by atoms with E-state index in [1.165, 1.54) is 0 Å². The van der Waals surface area contributed by atoms with E-state index in [2.05, 4.69) is 9.97 Å². The zero-order valence-electron chi connectivity index (χ0n) is 6.75. The summed E-state index contributed by atoms with van der Waals surface area (Å²) in [5.41, 5.74) is 6.45. The molecule has 0 aliphatic carbocycles. The minimum absolute atomic E-state index is 0. The molecule has 13 heavy (non-hydrogen) atoms. The SMILES string of the molecule is Cl.Cl.NCc1cnc2nccn2c1. The number of rotatable bonds is 1. The molecule has 2 aromatic rings. The third-order valence-electron chi connectivity index (χ3n) is 1.53. The van der Waals surface area contributed by atoms with E-state index in [-0.39, 0.29) is 24.8 Å². The Hall–Kier alpha value is -0.840. The lowest BCUT2D eigenvalue weighted by atomic mass is 10.3. The fourth-order valence-electron chi connectivity index (χ4n) is 0.964. The summed E-state index contributed by atoms with van der Waals surface area (Å²) in [5.74, 6) is 0.710. The van der Waals surface area contributed by atoms with Crippen molar-refractivity contribution in [1.82, 2.24) is 14.4 Å². The lowest BCUT2D eigenvalue weighted by molar-refractivity contribution is 0.990. The highest BCUT2D eigenvalue weighted by atomic mass is 35.5. The van der Waals surface area contributed by atoms with Crippen molar-refractivity contribution in [2.24, 2.45) is 5.73 Å². The molecule has 0 amide bonds. The van der Waals surface area contributed by atoms with Gasteiger partial charge < -0.3 is 5.73 Å². The number of imidazole rings is 1. The lowest BCUT2D eigenvalue weighted by Crippen LogP contribution is -1.99. The van der Waals surface area contributed by atoms with E-state index < -0.39 is 0 Å². The number of hydrogen-bond acceptors (Lipinski definition) is 3. The molecule has 72 valence electrons. The van der Waals surface area contributed by atoms with Crippen molar-refractivity contribution in [3.8, 4) is 0 Å². The number of aromatic nitrogens is 3. The summed E-state index contributed by atoms with van der Waals surface area (Å²) in [6.45, 7) is 0.515. The van der Waals surface area contributed by atoms with Crippen LogP contribution in [0.25, 0.3) is 5.78 Å². The minimum Gasteiger partial charge on any atom is -0.326 e. The molecule has 0 aliphatic rings. The normalized spacial score (nSPS) is 9.00. The highest BCUT2D eigenvalue weighted by Gasteiger charge is 1.94. The standard InChI is InChI=1S/C7H8N4.2ClH/c8-3-6-4-10-7-9-1-2-11(7)5-6;;/h1-2,4-5H,3,8H2;2*1H. The van der Waals surface area contributed by atoms with Crippen molar-refractivity contribution < 1.29 is 0 Å². The molecule has 0 aliphatic heterocycles. The zero-order valence-corrected chi connectivity index (χ0v) is 8.38. The Morgan fingerprint density at radius 1 is 1.31 bits per heavy atom. The molecule has 0 saturated carbocycles. The van der Waals surface area contributed by atoms with Crippen LogP contribution in [0.3, 0.4) is 0 Å². The van der Waals surface area contributed by atoms with E-state index in [0.29, 0.717) is 12.3 Å². The maximum Gasteiger partial charge on any atom is 0.233 e. The van der Waals surface area contributed by atoms with Crippen molar-refractivity contribution >= 4 is 30.6 Å². The van der Waals surface area contributed by atoms with E-state index in [4.69, 9.17) is 5.73 Å². The number of hydrogen-bond donors (Lipinski definition) is 1. The Morgan fingerprint density at radius 3 is 2.77 bits per heavy atom. The average molecular weight is 221 g/mol. The first kappa shape index (κ1) is 12.2. The molecule has 0 unspecified atom stereocenters. The monoisotopic (exact) mass is 220 g/mol. The van der Waals surface area contributed by atoms with Gasteiger partial charge >= 0.3 is 0 Å². The van der Waals surface area contributed by atoms with Gasteiger partial charge in [-0.05, 0) is 0 Å². The summed E-state index contributed by atoms with van der Waals surface area (Å²) in [6.07, 6.45) is 7.22. The van der Waals surface area contributed by atoms with Gasteiger partial charge in [0, 0.05) is 36.9 Å². The quantitative estimate of drug-likeness (QED) is 0.782. The van der Waals surface area contributed by atoms with Gasteiger partial charge in [-0.25, -0.2) is 9.97 Å². The molecule has 0 saturated heterocycles. The van der Waals surface area contributed by atoms with Crippen molar-refractivity contribution in [3.05, 3.63) is 30.4 Å². The third kappa shape index (κ3) is 2.30. The molecule has 2 heterocycles. The Kier molecular flexibility index (Phi) is 4.69. The van der Waals surface area contributed by atoms with Gasteiger partial charge in [-0.15, -0.1) is 24.8 Å². The molecule has 0 fully saturated rings. The largest absolute Gasteiger partial charge is 0.326 e. The van der Waals surface area contributed by atoms with E-state index in [9.17, 15) is 0 Å². The van der Waals surface area contributed by atoms with E-state index in [0.717, 1.165) is 5.56 Å². The van der Waals surface area contributed by atoms with Gasteiger partial charge in [0.2, 0.25) is 5.78 Å². The van der Waals surface area contributed by atoms with E-state index >= 15 is 0 Å². The predicted molar refractivity (Wildman–Crippen MR) is 55.4 cm³/mol. The van der Waals surface area contributed by atoms with Gasteiger partial charge in [-0.1, -0.05) is 0 Å². The Balaban J connectivity index is 0.000000720. The second kappa shape index (κ2) is 5.01. The van der Waals surface area contributed by atoms with Crippen molar-refractivity contribution in [1.29, 1.82) is 0 Å². The molecule has 2 N–H and O–H groups in total. The molecule has 0 spiro atoms. The second-order valence-electron chi connectivity index (χ2n) is 2.30. The molecular weight excluding hydrogens is 211 g/mol. The highest BCUT2D eigenvalue weighted by molar-refractivity contribution is 5.85. The average Bonchev–Trinajstić information content (AvgIpc) is 2.50. The van der Waals surface area contributed by atoms with Crippen LogP contribution in [0.15, 0.2) is 24.8 Å². The van der Waals surface area contributed by atoms with Crippen molar-refractivity contribution in [2.75, 3.05) is 0 Å². The lowest BCUT2D eigenvalue weighted by Gasteiger charge is -1.95.